The van der Waals surface area contributed by atoms with Gasteiger partial charge < -0.3 is 49.1 Å². The molecule has 0 bridgehead atoms. The average molecular weight is 931 g/mol. The molecule has 0 spiro atoms. The minimum absolute atomic E-state index is 0.00631. The van der Waals surface area contributed by atoms with Gasteiger partial charge in [-0.15, -0.1) is 0 Å². The van der Waals surface area contributed by atoms with Crippen LogP contribution in [0.5, 0.6) is 17.2 Å². The maximum atomic E-state index is 13.9. The molecule has 0 atom stereocenters. The number of esters is 2. The van der Waals surface area contributed by atoms with Crippen molar-refractivity contribution in [3.63, 3.8) is 0 Å². The van der Waals surface area contributed by atoms with E-state index in [1.54, 1.807) is 45.0 Å². The molecule has 2 fully saturated rings. The van der Waals surface area contributed by atoms with E-state index in [1.165, 1.54) is 26.4 Å². The van der Waals surface area contributed by atoms with Crippen LogP contribution in [0.4, 0.5) is 5.69 Å². The van der Waals surface area contributed by atoms with Gasteiger partial charge in [-0.05, 0) is 51.1 Å². The van der Waals surface area contributed by atoms with E-state index in [0.29, 0.717) is 69.4 Å². The van der Waals surface area contributed by atoms with Crippen molar-refractivity contribution in [1.29, 1.82) is 0 Å². The van der Waals surface area contributed by atoms with Crippen molar-refractivity contribution in [3.05, 3.63) is 57.6 Å². The molecular formula is C43H62N8O15. The highest BCUT2D eigenvalue weighted by Gasteiger charge is 2.28. The van der Waals surface area contributed by atoms with Gasteiger partial charge in [0.15, 0.2) is 29.9 Å². The van der Waals surface area contributed by atoms with Crippen molar-refractivity contribution < 1.29 is 66.8 Å². The quantitative estimate of drug-likeness (QED) is 0.0564. The molecule has 2 aliphatic heterocycles. The van der Waals surface area contributed by atoms with Crippen LogP contribution in [0.1, 0.15) is 36.7 Å². The number of nitro benzene ring substituents is 1. The zero-order valence-electron chi connectivity index (χ0n) is 38.2. The zero-order chi connectivity index (χ0) is 48.0. The Morgan fingerprint density at radius 3 is 1.55 bits per heavy atom. The van der Waals surface area contributed by atoms with Crippen molar-refractivity contribution in [3.8, 4) is 17.2 Å². The number of hydrogen-bond donors (Lipinski definition) is 3. The number of nitrogens with one attached hydrogen (secondary N) is 3. The van der Waals surface area contributed by atoms with Crippen LogP contribution in [0.2, 0.25) is 0 Å². The number of methoxy groups -OCH3 is 2. The minimum Gasteiger partial charge on any atom is -0.493 e. The van der Waals surface area contributed by atoms with Gasteiger partial charge in [0.25, 0.3) is 5.69 Å². The highest BCUT2D eigenvalue weighted by Crippen LogP contribution is 2.35. The summed E-state index contributed by atoms with van der Waals surface area (Å²) in [6.07, 6.45) is -0.895. The third-order valence-corrected chi connectivity index (χ3v) is 10.4. The van der Waals surface area contributed by atoms with Crippen LogP contribution < -0.4 is 30.2 Å². The number of carbonyl (C=O) groups is 6. The van der Waals surface area contributed by atoms with Gasteiger partial charge in [0.2, 0.25) is 17.7 Å². The lowest BCUT2D eigenvalue weighted by atomic mass is 10.1. The summed E-state index contributed by atoms with van der Waals surface area (Å²) in [4.78, 5) is 95.8. The molecule has 2 heterocycles. The highest BCUT2D eigenvalue weighted by atomic mass is 16.9. The molecule has 3 amide bonds. The summed E-state index contributed by atoms with van der Waals surface area (Å²) in [5.74, 6) is -1.63. The van der Waals surface area contributed by atoms with Crippen molar-refractivity contribution in [1.82, 2.24) is 35.6 Å². The maximum absolute atomic E-state index is 13.9. The fourth-order valence-corrected chi connectivity index (χ4v) is 6.87. The number of hydrogen-bond acceptors (Lipinski definition) is 19. The largest absolute Gasteiger partial charge is 0.493 e. The second-order valence-electron chi connectivity index (χ2n) is 15.2. The third kappa shape index (κ3) is 18.1. The van der Waals surface area contributed by atoms with Gasteiger partial charge in [0, 0.05) is 57.9 Å². The summed E-state index contributed by atoms with van der Waals surface area (Å²) in [6, 6.07) is 9.12. The fraction of sp³-hybridized carbons (Fsp3) is 0.581. The summed E-state index contributed by atoms with van der Waals surface area (Å²) < 4.78 is 37.1. The number of Topliss-reactive ketones (excluding diaryl/α,β-unsaturated/α-hetero) is 1. The van der Waals surface area contributed by atoms with Crippen molar-refractivity contribution in [2.75, 3.05) is 126 Å². The predicted octanol–water partition coefficient (Wildman–Crippen LogP) is -0.211. The van der Waals surface area contributed by atoms with Crippen LogP contribution in [0, 0.1) is 10.1 Å². The third-order valence-electron chi connectivity index (χ3n) is 10.4. The SMILES string of the molecule is CCOC(=O)CNC(=O)CN1CCN(CC(=O)NCC(=O)OCC)CCN(CC(=O)c2ccc(OCc3cc(OC)c(OC)cc3[N+](=O)[O-])cc2)CCN(CC(=O)NCC2OC(C)O2)CC1. The molecule has 0 radical (unpaired) electrons. The smallest absolute Gasteiger partial charge is 0.325 e. The number of carbonyl (C=O) groups excluding carboxylic acids is 6. The Kier molecular flexibility index (Phi) is 21.9. The molecule has 23 nitrogen and oxygen atoms in total. The van der Waals surface area contributed by atoms with Crippen LogP contribution in [0.15, 0.2) is 36.4 Å². The Morgan fingerprint density at radius 1 is 0.682 bits per heavy atom. The maximum Gasteiger partial charge on any atom is 0.325 e. The summed E-state index contributed by atoms with van der Waals surface area (Å²) in [5.41, 5.74) is 0.426. The number of nitrogens with zero attached hydrogens (tertiary/aromatic N) is 5. The zero-order valence-corrected chi connectivity index (χ0v) is 38.2. The standard InChI is InChI=1S/C43H62N8O15/c1-6-62-41(56)22-44-38(53)26-48-14-12-47(25-35(52)31-8-10-33(11-9-31)64-29-32-20-36(60-4)37(61-5)21-34(32)51(58)59)13-15-49(28-40(55)46-24-43-65-30(3)66-43)17-19-50(18-16-48)27-39(54)45-23-42(57)63-7-2/h8-11,20-21,30,43H,6-7,12-19,22-29H2,1-5H3,(H,44,53)(H,45,54)(H,46,55). The van der Waals surface area contributed by atoms with Gasteiger partial charge in [-0.1, -0.05) is 0 Å². The lowest BCUT2D eigenvalue weighted by Crippen LogP contribution is -2.52. The second kappa shape index (κ2) is 27.5. The lowest BCUT2D eigenvalue weighted by molar-refractivity contribution is -0.385. The molecule has 2 aromatic carbocycles. The Hall–Kier alpha value is -5.98. The first kappa shape index (κ1) is 52.6. The van der Waals surface area contributed by atoms with Gasteiger partial charge in [0.1, 0.15) is 25.4 Å². The van der Waals surface area contributed by atoms with E-state index in [0.717, 1.165) is 0 Å². The van der Waals surface area contributed by atoms with Gasteiger partial charge in [-0.25, -0.2) is 0 Å². The molecule has 2 aromatic rings. The topological polar surface area (TPSA) is 259 Å². The monoisotopic (exact) mass is 930 g/mol. The van der Waals surface area contributed by atoms with Crippen molar-refractivity contribution in [2.45, 2.75) is 40.0 Å². The first-order chi connectivity index (χ1) is 31.7. The van der Waals surface area contributed by atoms with Gasteiger partial charge >= 0.3 is 11.9 Å². The van der Waals surface area contributed by atoms with E-state index < -0.39 is 35.0 Å². The van der Waals surface area contributed by atoms with E-state index in [4.69, 9.17) is 33.2 Å². The molecule has 364 valence electrons. The second-order valence-corrected chi connectivity index (χ2v) is 15.2. The summed E-state index contributed by atoms with van der Waals surface area (Å²) >= 11 is 0. The summed E-state index contributed by atoms with van der Waals surface area (Å²) in [6.45, 7) is 7.13. The molecule has 0 saturated carbocycles. The number of ketones is 1. The molecule has 2 aliphatic rings. The molecule has 0 unspecified atom stereocenters. The Morgan fingerprint density at radius 2 is 1.12 bits per heavy atom. The van der Waals surface area contributed by atoms with Crippen LogP contribution in [-0.4, -0.2) is 198 Å². The van der Waals surface area contributed by atoms with E-state index in [-0.39, 0.29) is 101 Å². The Balaban J connectivity index is 1.49. The van der Waals surface area contributed by atoms with E-state index in [9.17, 15) is 38.9 Å². The number of rotatable bonds is 23. The minimum atomic E-state index is -0.580. The number of amides is 3. The summed E-state index contributed by atoms with van der Waals surface area (Å²) in [5, 5.41) is 19.8. The molecule has 4 rings (SSSR count). The van der Waals surface area contributed by atoms with Crippen LogP contribution in [0.3, 0.4) is 0 Å². The highest BCUT2D eigenvalue weighted by molar-refractivity contribution is 5.97. The molecular weight excluding hydrogens is 869 g/mol. The lowest BCUT2D eigenvalue weighted by Gasteiger charge is -2.34. The van der Waals surface area contributed by atoms with Crippen LogP contribution in [-0.2, 0) is 49.5 Å². The molecule has 66 heavy (non-hydrogen) atoms. The first-order valence-corrected chi connectivity index (χ1v) is 21.7. The van der Waals surface area contributed by atoms with E-state index >= 15 is 0 Å². The molecule has 0 aromatic heterocycles. The Bertz CT molecular complexity index is 1950. The number of nitro groups is 1. The van der Waals surface area contributed by atoms with Gasteiger partial charge in [-0.3, -0.25) is 58.5 Å². The average Bonchev–Trinajstić information content (AvgIpc) is 3.28. The normalized spacial score (nSPS) is 17.7. The Labute approximate surface area is 383 Å². The van der Waals surface area contributed by atoms with Gasteiger partial charge in [0.05, 0.1) is 76.7 Å². The molecule has 2 saturated heterocycles. The van der Waals surface area contributed by atoms with E-state index in [1.807, 2.05) is 19.6 Å². The fourth-order valence-electron chi connectivity index (χ4n) is 6.87. The molecule has 0 aliphatic carbocycles. The van der Waals surface area contributed by atoms with Crippen LogP contribution in [0.25, 0.3) is 0 Å². The van der Waals surface area contributed by atoms with E-state index in [2.05, 4.69) is 16.0 Å². The number of benzene rings is 2. The van der Waals surface area contributed by atoms with Crippen molar-refractivity contribution in [2.24, 2.45) is 0 Å². The number of ether oxygens (including phenoxy) is 7. The van der Waals surface area contributed by atoms with Crippen LogP contribution >= 0.6 is 0 Å². The predicted molar refractivity (Wildman–Crippen MR) is 235 cm³/mol. The first-order valence-electron chi connectivity index (χ1n) is 21.7. The summed E-state index contributed by atoms with van der Waals surface area (Å²) in [7, 11) is 2.80. The van der Waals surface area contributed by atoms with Gasteiger partial charge in [-0.2, -0.15) is 0 Å². The molecule has 3 N–H and O–H groups in total. The van der Waals surface area contributed by atoms with Crippen molar-refractivity contribution >= 4 is 41.1 Å². The molecule has 23 heteroatoms.